The van der Waals surface area contributed by atoms with Gasteiger partial charge in [-0.1, -0.05) is 23.7 Å². The lowest BCUT2D eigenvalue weighted by atomic mass is 10.2. The number of nitrogens with one attached hydrogen (secondary N) is 3. The summed E-state index contributed by atoms with van der Waals surface area (Å²) >= 11 is 5.75. The van der Waals surface area contributed by atoms with Crippen LogP contribution in [0.15, 0.2) is 24.3 Å². The molecule has 0 bridgehead atoms. The maximum atomic E-state index is 11.6. The maximum Gasteiger partial charge on any atom is 0.328 e. The SMILES string of the molecule is COCC(NC(=O)CNC(=O)NCc1ccc(Cl)cc1)C(=O)O. The minimum atomic E-state index is -1.22. The molecule has 4 N–H and O–H groups in total. The molecular weight excluding hydrogens is 326 g/mol. The number of ether oxygens (including phenoxy) is 1. The number of rotatable bonds is 8. The van der Waals surface area contributed by atoms with E-state index in [2.05, 4.69) is 20.7 Å². The number of carboxylic acids is 1. The zero-order chi connectivity index (χ0) is 17.2. The highest BCUT2D eigenvalue weighted by molar-refractivity contribution is 6.30. The first-order chi connectivity index (χ1) is 10.9. The molecule has 1 atom stereocenters. The first kappa shape index (κ1) is 18.7. The molecular formula is C14H18ClN3O5. The van der Waals surface area contributed by atoms with Gasteiger partial charge in [-0.05, 0) is 17.7 Å². The molecule has 0 aliphatic rings. The Balaban J connectivity index is 2.30. The van der Waals surface area contributed by atoms with Gasteiger partial charge in [0.15, 0.2) is 6.04 Å². The Morgan fingerprint density at radius 3 is 2.43 bits per heavy atom. The van der Waals surface area contributed by atoms with E-state index in [1.54, 1.807) is 24.3 Å². The fourth-order valence-corrected chi connectivity index (χ4v) is 1.72. The second-order valence-corrected chi connectivity index (χ2v) is 5.01. The van der Waals surface area contributed by atoms with Gasteiger partial charge < -0.3 is 25.8 Å². The number of hydrogen-bond acceptors (Lipinski definition) is 4. The van der Waals surface area contributed by atoms with Crippen molar-refractivity contribution in [2.24, 2.45) is 0 Å². The molecule has 0 heterocycles. The molecule has 23 heavy (non-hydrogen) atoms. The van der Waals surface area contributed by atoms with E-state index in [0.717, 1.165) is 5.56 Å². The second-order valence-electron chi connectivity index (χ2n) is 4.58. The van der Waals surface area contributed by atoms with Gasteiger partial charge in [-0.25, -0.2) is 9.59 Å². The maximum absolute atomic E-state index is 11.6. The summed E-state index contributed by atoms with van der Waals surface area (Å²) in [5.74, 6) is -1.84. The van der Waals surface area contributed by atoms with E-state index >= 15 is 0 Å². The lowest BCUT2D eigenvalue weighted by Crippen LogP contribution is -2.48. The van der Waals surface area contributed by atoms with E-state index in [1.165, 1.54) is 7.11 Å². The molecule has 1 rings (SSSR count). The molecule has 0 saturated heterocycles. The van der Waals surface area contributed by atoms with E-state index in [0.29, 0.717) is 5.02 Å². The van der Waals surface area contributed by atoms with Crippen LogP contribution in [0.3, 0.4) is 0 Å². The smallest absolute Gasteiger partial charge is 0.328 e. The summed E-state index contributed by atoms with van der Waals surface area (Å²) in [7, 11) is 1.32. The van der Waals surface area contributed by atoms with Crippen molar-refractivity contribution < 1.29 is 24.2 Å². The number of carboxylic acid groups (broad SMARTS) is 1. The van der Waals surface area contributed by atoms with Crippen LogP contribution in [0.4, 0.5) is 4.79 Å². The molecule has 1 aromatic rings. The standard InChI is InChI=1S/C14H18ClN3O5/c1-23-8-11(13(20)21)18-12(19)7-17-14(22)16-6-9-2-4-10(15)5-3-9/h2-5,11H,6-8H2,1H3,(H,18,19)(H,20,21)(H2,16,17,22). The summed E-state index contributed by atoms with van der Waals surface area (Å²) in [5, 5.41) is 16.6. The summed E-state index contributed by atoms with van der Waals surface area (Å²) in [6.07, 6.45) is 0. The van der Waals surface area contributed by atoms with Crippen molar-refractivity contribution >= 4 is 29.5 Å². The predicted molar refractivity (Wildman–Crippen MR) is 83.1 cm³/mol. The highest BCUT2D eigenvalue weighted by Gasteiger charge is 2.19. The molecule has 0 aliphatic heterocycles. The highest BCUT2D eigenvalue weighted by Crippen LogP contribution is 2.08. The molecule has 0 spiro atoms. The van der Waals surface area contributed by atoms with E-state index in [-0.39, 0.29) is 19.7 Å². The molecule has 0 radical (unpaired) electrons. The van der Waals surface area contributed by atoms with Crippen LogP contribution >= 0.6 is 11.6 Å². The third kappa shape index (κ3) is 7.48. The third-order valence-electron chi connectivity index (χ3n) is 2.74. The van der Waals surface area contributed by atoms with Crippen LogP contribution in [-0.2, 0) is 20.9 Å². The number of carbonyl (C=O) groups excluding carboxylic acids is 2. The van der Waals surface area contributed by atoms with Crippen molar-refractivity contribution in [3.05, 3.63) is 34.9 Å². The fraction of sp³-hybridized carbons (Fsp3) is 0.357. The van der Waals surface area contributed by atoms with Gasteiger partial charge >= 0.3 is 12.0 Å². The molecule has 0 fully saturated rings. The topological polar surface area (TPSA) is 117 Å². The number of halogens is 1. The number of carbonyl (C=O) groups is 3. The molecule has 1 aromatic carbocycles. The Labute approximate surface area is 138 Å². The van der Waals surface area contributed by atoms with E-state index in [9.17, 15) is 14.4 Å². The largest absolute Gasteiger partial charge is 0.480 e. The molecule has 3 amide bonds. The fourth-order valence-electron chi connectivity index (χ4n) is 1.59. The van der Waals surface area contributed by atoms with Crippen LogP contribution < -0.4 is 16.0 Å². The number of hydrogen-bond donors (Lipinski definition) is 4. The quantitative estimate of drug-likeness (QED) is 0.543. The van der Waals surface area contributed by atoms with Gasteiger partial charge in [0.25, 0.3) is 0 Å². The Bertz CT molecular complexity index is 550. The number of aliphatic carboxylic acids is 1. The van der Waals surface area contributed by atoms with Gasteiger partial charge in [0, 0.05) is 18.7 Å². The van der Waals surface area contributed by atoms with Crippen molar-refractivity contribution in [2.75, 3.05) is 20.3 Å². The van der Waals surface area contributed by atoms with E-state index in [4.69, 9.17) is 16.7 Å². The van der Waals surface area contributed by atoms with Gasteiger partial charge in [-0.2, -0.15) is 0 Å². The van der Waals surface area contributed by atoms with Crippen LogP contribution in [0.5, 0.6) is 0 Å². The van der Waals surface area contributed by atoms with Crippen LogP contribution in [0.2, 0.25) is 5.02 Å². The van der Waals surface area contributed by atoms with Crippen molar-refractivity contribution in [1.82, 2.24) is 16.0 Å². The number of urea groups is 1. The summed E-state index contributed by atoms with van der Waals surface area (Å²) in [6.45, 7) is -0.240. The lowest BCUT2D eigenvalue weighted by molar-refractivity contribution is -0.143. The minimum Gasteiger partial charge on any atom is -0.480 e. The predicted octanol–water partition coefficient (Wildman–Crippen LogP) is 0.355. The lowest BCUT2D eigenvalue weighted by Gasteiger charge is -2.14. The number of methoxy groups -OCH3 is 1. The van der Waals surface area contributed by atoms with Crippen molar-refractivity contribution in [3.63, 3.8) is 0 Å². The van der Waals surface area contributed by atoms with Gasteiger partial charge in [0.05, 0.1) is 13.2 Å². The van der Waals surface area contributed by atoms with Crippen LogP contribution in [0, 0.1) is 0 Å². The molecule has 0 aromatic heterocycles. The highest BCUT2D eigenvalue weighted by atomic mass is 35.5. The average molecular weight is 344 g/mol. The Morgan fingerprint density at radius 1 is 1.22 bits per heavy atom. The van der Waals surface area contributed by atoms with Crippen LogP contribution in [0.25, 0.3) is 0 Å². The molecule has 126 valence electrons. The van der Waals surface area contributed by atoms with Gasteiger partial charge in [0.1, 0.15) is 0 Å². The van der Waals surface area contributed by atoms with Gasteiger partial charge in [-0.3, -0.25) is 4.79 Å². The average Bonchev–Trinajstić information content (AvgIpc) is 2.52. The normalized spacial score (nSPS) is 11.4. The second kappa shape index (κ2) is 9.65. The number of amides is 3. The number of benzene rings is 1. The molecule has 0 aliphatic carbocycles. The van der Waals surface area contributed by atoms with Crippen molar-refractivity contribution in [2.45, 2.75) is 12.6 Å². The zero-order valence-corrected chi connectivity index (χ0v) is 13.2. The monoisotopic (exact) mass is 343 g/mol. The first-order valence-corrected chi connectivity index (χ1v) is 7.07. The summed E-state index contributed by atoms with van der Waals surface area (Å²) in [6, 6.07) is 5.21. The van der Waals surface area contributed by atoms with Gasteiger partial charge in [0.2, 0.25) is 5.91 Å². The molecule has 1 unspecified atom stereocenters. The van der Waals surface area contributed by atoms with Crippen LogP contribution in [0.1, 0.15) is 5.56 Å². The first-order valence-electron chi connectivity index (χ1n) is 6.69. The zero-order valence-electron chi connectivity index (χ0n) is 12.5. The Kier molecular flexibility index (Phi) is 7.86. The van der Waals surface area contributed by atoms with Crippen molar-refractivity contribution in [1.29, 1.82) is 0 Å². The Morgan fingerprint density at radius 2 is 1.87 bits per heavy atom. The van der Waals surface area contributed by atoms with E-state index in [1.807, 2.05) is 0 Å². The Hall–Kier alpha value is -2.32. The third-order valence-corrected chi connectivity index (χ3v) is 2.99. The molecule has 0 saturated carbocycles. The molecule has 9 heteroatoms. The summed E-state index contributed by atoms with van der Waals surface area (Å²) < 4.78 is 4.68. The minimum absolute atomic E-state index is 0.163. The van der Waals surface area contributed by atoms with Crippen molar-refractivity contribution in [3.8, 4) is 0 Å². The summed E-state index contributed by atoms with van der Waals surface area (Å²) in [4.78, 5) is 34.0. The van der Waals surface area contributed by atoms with E-state index < -0.39 is 23.9 Å². The van der Waals surface area contributed by atoms with Gasteiger partial charge in [-0.15, -0.1) is 0 Å². The van der Waals surface area contributed by atoms with Crippen LogP contribution in [-0.4, -0.2) is 49.3 Å². The summed E-state index contributed by atoms with van der Waals surface area (Å²) in [5.41, 5.74) is 0.847. The molecule has 8 nitrogen and oxygen atoms in total.